The van der Waals surface area contributed by atoms with E-state index < -0.39 is 0 Å². The minimum Gasteiger partial charge on any atom is -0.376 e. The summed E-state index contributed by atoms with van der Waals surface area (Å²) < 4.78 is 11.1. The van der Waals surface area contributed by atoms with Gasteiger partial charge in [-0.3, -0.25) is 4.79 Å². The molecule has 1 aliphatic heterocycles. The van der Waals surface area contributed by atoms with Crippen LogP contribution in [-0.2, 0) is 20.8 Å². The number of hydrogen-bond donors (Lipinski definition) is 0. The topological polar surface area (TPSA) is 51.7 Å². The van der Waals surface area contributed by atoms with Crippen LogP contribution in [0.4, 0.5) is 0 Å². The Labute approximate surface area is 152 Å². The van der Waals surface area contributed by atoms with Crippen molar-refractivity contribution in [3.05, 3.63) is 40.0 Å². The van der Waals surface area contributed by atoms with Crippen LogP contribution in [-0.4, -0.2) is 48.3 Å². The van der Waals surface area contributed by atoms with Crippen molar-refractivity contribution >= 4 is 28.4 Å². The summed E-state index contributed by atoms with van der Waals surface area (Å²) in [5.41, 5.74) is 4.01. The van der Waals surface area contributed by atoms with E-state index in [-0.39, 0.29) is 12.0 Å². The number of fused-ring (bicyclic) bond motifs is 1. The Morgan fingerprint density at radius 3 is 2.80 bits per heavy atom. The second kappa shape index (κ2) is 7.68. The third-order valence-electron chi connectivity index (χ3n) is 4.39. The molecule has 1 aromatic heterocycles. The van der Waals surface area contributed by atoms with Gasteiger partial charge < -0.3 is 14.4 Å². The fraction of sp³-hybridized carbons (Fsp3) is 0.474. The van der Waals surface area contributed by atoms with E-state index in [2.05, 4.69) is 24.0 Å². The number of ether oxygens (including phenoxy) is 2. The van der Waals surface area contributed by atoms with Crippen LogP contribution >= 0.6 is 11.6 Å². The van der Waals surface area contributed by atoms with Crippen molar-refractivity contribution in [1.29, 1.82) is 0 Å². The molecule has 1 aromatic carbocycles. The monoisotopic (exact) mass is 362 g/mol. The predicted molar refractivity (Wildman–Crippen MR) is 97.9 cm³/mol. The zero-order chi connectivity index (χ0) is 18.0. The average Bonchev–Trinajstić information content (AvgIpc) is 2.56. The quantitative estimate of drug-likeness (QED) is 0.783. The van der Waals surface area contributed by atoms with Crippen LogP contribution in [0.1, 0.15) is 23.6 Å². The van der Waals surface area contributed by atoms with Crippen molar-refractivity contribution in [1.82, 2.24) is 9.88 Å². The van der Waals surface area contributed by atoms with Gasteiger partial charge in [0.2, 0.25) is 5.91 Å². The van der Waals surface area contributed by atoms with E-state index >= 15 is 0 Å². The number of carbonyl (C=O) groups is 1. The molecule has 25 heavy (non-hydrogen) atoms. The normalized spacial score (nSPS) is 17.7. The fourth-order valence-corrected chi connectivity index (χ4v) is 3.38. The highest BCUT2D eigenvalue weighted by atomic mass is 35.5. The molecule has 134 valence electrons. The molecule has 0 aliphatic carbocycles. The van der Waals surface area contributed by atoms with Crippen molar-refractivity contribution in [2.24, 2.45) is 0 Å². The van der Waals surface area contributed by atoms with Gasteiger partial charge in [0.05, 0.1) is 31.4 Å². The number of amides is 1. The SMILES string of the molecule is CC(=O)N(Cc1cc2cc(C)cc(C)c2nc1Cl)CC1COCCO1. The summed E-state index contributed by atoms with van der Waals surface area (Å²) in [5, 5.41) is 1.48. The van der Waals surface area contributed by atoms with Gasteiger partial charge in [0.25, 0.3) is 0 Å². The summed E-state index contributed by atoms with van der Waals surface area (Å²) in [6.45, 7) is 8.21. The first-order valence-corrected chi connectivity index (χ1v) is 8.83. The molecule has 2 aromatic rings. The number of nitrogens with zero attached hydrogens (tertiary/aromatic N) is 2. The summed E-state index contributed by atoms with van der Waals surface area (Å²) >= 11 is 6.40. The first kappa shape index (κ1) is 18.1. The smallest absolute Gasteiger partial charge is 0.219 e. The van der Waals surface area contributed by atoms with Gasteiger partial charge in [-0.2, -0.15) is 0 Å². The molecular formula is C19H23ClN2O3. The Balaban J connectivity index is 1.86. The van der Waals surface area contributed by atoms with Crippen LogP contribution in [0.5, 0.6) is 0 Å². The number of aryl methyl sites for hydroxylation is 2. The molecule has 0 bridgehead atoms. The van der Waals surface area contributed by atoms with Gasteiger partial charge in [-0.1, -0.05) is 23.2 Å². The Kier molecular flexibility index (Phi) is 5.57. The minimum atomic E-state index is -0.102. The van der Waals surface area contributed by atoms with Crippen LogP contribution in [0.15, 0.2) is 18.2 Å². The van der Waals surface area contributed by atoms with Gasteiger partial charge in [0.15, 0.2) is 0 Å². The number of hydrogen-bond acceptors (Lipinski definition) is 4. The number of benzene rings is 1. The fourth-order valence-electron chi connectivity index (χ4n) is 3.18. The van der Waals surface area contributed by atoms with Crippen molar-refractivity contribution in [2.45, 2.75) is 33.4 Å². The van der Waals surface area contributed by atoms with Crippen molar-refractivity contribution < 1.29 is 14.3 Å². The van der Waals surface area contributed by atoms with Crippen LogP contribution in [0.3, 0.4) is 0 Å². The minimum absolute atomic E-state index is 0.0224. The molecule has 3 rings (SSSR count). The average molecular weight is 363 g/mol. The lowest BCUT2D eigenvalue weighted by atomic mass is 10.1. The molecule has 0 spiro atoms. The highest BCUT2D eigenvalue weighted by Crippen LogP contribution is 2.25. The summed E-state index contributed by atoms with van der Waals surface area (Å²) in [7, 11) is 0. The van der Waals surface area contributed by atoms with E-state index in [0.29, 0.717) is 38.1 Å². The Morgan fingerprint density at radius 1 is 1.32 bits per heavy atom. The molecule has 1 fully saturated rings. The second-order valence-corrected chi connectivity index (χ2v) is 6.92. The van der Waals surface area contributed by atoms with Gasteiger partial charge in [-0.05, 0) is 31.5 Å². The molecule has 1 saturated heterocycles. The lowest BCUT2D eigenvalue weighted by Gasteiger charge is -2.29. The van der Waals surface area contributed by atoms with Crippen molar-refractivity contribution in [2.75, 3.05) is 26.4 Å². The Bertz CT molecular complexity index is 788. The van der Waals surface area contributed by atoms with E-state index in [4.69, 9.17) is 21.1 Å². The molecular weight excluding hydrogens is 340 g/mol. The van der Waals surface area contributed by atoms with Crippen LogP contribution in [0, 0.1) is 13.8 Å². The van der Waals surface area contributed by atoms with Gasteiger partial charge in [0.1, 0.15) is 5.15 Å². The summed E-state index contributed by atoms with van der Waals surface area (Å²) in [4.78, 5) is 18.4. The summed E-state index contributed by atoms with van der Waals surface area (Å²) in [6.07, 6.45) is -0.102. The van der Waals surface area contributed by atoms with E-state index in [1.807, 2.05) is 13.0 Å². The lowest BCUT2D eigenvalue weighted by Crippen LogP contribution is -2.41. The van der Waals surface area contributed by atoms with Crippen LogP contribution < -0.4 is 0 Å². The largest absolute Gasteiger partial charge is 0.376 e. The zero-order valence-corrected chi connectivity index (χ0v) is 15.6. The third kappa shape index (κ3) is 4.29. The molecule has 5 nitrogen and oxygen atoms in total. The first-order chi connectivity index (χ1) is 11.9. The summed E-state index contributed by atoms with van der Waals surface area (Å²) in [6, 6.07) is 6.21. The van der Waals surface area contributed by atoms with Crippen molar-refractivity contribution in [3.8, 4) is 0 Å². The van der Waals surface area contributed by atoms with E-state index in [9.17, 15) is 4.79 Å². The third-order valence-corrected chi connectivity index (χ3v) is 4.72. The first-order valence-electron chi connectivity index (χ1n) is 8.45. The molecule has 1 atom stereocenters. The molecule has 1 unspecified atom stereocenters. The molecule has 0 radical (unpaired) electrons. The zero-order valence-electron chi connectivity index (χ0n) is 14.8. The summed E-state index contributed by atoms with van der Waals surface area (Å²) in [5.74, 6) is -0.0224. The molecule has 6 heteroatoms. The number of halogens is 1. The lowest BCUT2D eigenvalue weighted by molar-refractivity contribution is -0.136. The molecule has 1 aliphatic rings. The van der Waals surface area contributed by atoms with E-state index in [0.717, 1.165) is 22.0 Å². The second-order valence-electron chi connectivity index (χ2n) is 6.56. The maximum atomic E-state index is 12.1. The van der Waals surface area contributed by atoms with Crippen molar-refractivity contribution in [3.63, 3.8) is 0 Å². The van der Waals surface area contributed by atoms with Gasteiger partial charge in [-0.15, -0.1) is 0 Å². The maximum Gasteiger partial charge on any atom is 0.219 e. The number of aromatic nitrogens is 1. The number of pyridine rings is 1. The van der Waals surface area contributed by atoms with Gasteiger partial charge >= 0.3 is 0 Å². The molecule has 1 amide bonds. The van der Waals surface area contributed by atoms with E-state index in [1.165, 1.54) is 5.56 Å². The Morgan fingerprint density at radius 2 is 2.12 bits per heavy atom. The Hall–Kier alpha value is -1.69. The number of carbonyl (C=O) groups excluding carboxylic acids is 1. The van der Waals surface area contributed by atoms with Gasteiger partial charge in [-0.25, -0.2) is 4.98 Å². The maximum absolute atomic E-state index is 12.1. The molecule has 0 N–H and O–H groups in total. The van der Waals surface area contributed by atoms with E-state index in [1.54, 1.807) is 11.8 Å². The predicted octanol–water partition coefficient (Wildman–Crippen LogP) is 3.27. The van der Waals surface area contributed by atoms with Crippen LogP contribution in [0.25, 0.3) is 10.9 Å². The highest BCUT2D eigenvalue weighted by Gasteiger charge is 2.21. The van der Waals surface area contributed by atoms with Gasteiger partial charge in [0, 0.05) is 31.0 Å². The molecule has 0 saturated carbocycles. The highest BCUT2D eigenvalue weighted by molar-refractivity contribution is 6.30. The molecule has 2 heterocycles. The van der Waals surface area contributed by atoms with Crippen LogP contribution in [0.2, 0.25) is 5.15 Å². The number of rotatable bonds is 4. The standard InChI is InChI=1S/C19H23ClN2O3/c1-12-6-13(2)18-15(7-12)8-16(19(20)21-18)9-22(14(3)23)10-17-11-24-4-5-25-17/h6-8,17H,4-5,9-11H2,1-3H3.